The molecule has 0 atom stereocenters. The molecule has 25 heavy (non-hydrogen) atoms. The van der Waals surface area contributed by atoms with Gasteiger partial charge < -0.3 is 20.6 Å². The van der Waals surface area contributed by atoms with Gasteiger partial charge in [0.25, 0.3) is 5.91 Å². The summed E-state index contributed by atoms with van der Waals surface area (Å²) in [6, 6.07) is 8.26. The lowest BCUT2D eigenvalue weighted by Crippen LogP contribution is -2.13. The van der Waals surface area contributed by atoms with Crippen LogP contribution in [0, 0.1) is 0 Å². The van der Waals surface area contributed by atoms with E-state index in [-0.39, 0.29) is 5.56 Å². The molecular formula is C15H11N5O5. The van der Waals surface area contributed by atoms with Crippen molar-refractivity contribution in [3.05, 3.63) is 47.5 Å². The van der Waals surface area contributed by atoms with Crippen molar-refractivity contribution in [1.82, 2.24) is 20.6 Å². The number of hydrogen-bond donors (Lipinski definition) is 5. The van der Waals surface area contributed by atoms with E-state index >= 15 is 0 Å². The number of carboxylic acid groups (broad SMARTS) is 1. The highest BCUT2D eigenvalue weighted by Crippen LogP contribution is 2.29. The predicted molar refractivity (Wildman–Crippen MR) is 84.3 cm³/mol. The van der Waals surface area contributed by atoms with Gasteiger partial charge in [-0.2, -0.15) is 5.21 Å². The van der Waals surface area contributed by atoms with Gasteiger partial charge in [-0.05, 0) is 41.6 Å². The lowest BCUT2D eigenvalue weighted by atomic mass is 10.1. The van der Waals surface area contributed by atoms with Crippen molar-refractivity contribution < 1.29 is 24.9 Å². The number of rotatable bonds is 4. The van der Waals surface area contributed by atoms with Crippen molar-refractivity contribution in [2.24, 2.45) is 0 Å². The van der Waals surface area contributed by atoms with Crippen molar-refractivity contribution >= 4 is 17.6 Å². The number of carbonyl (C=O) groups is 2. The third kappa shape index (κ3) is 3.22. The Balaban J connectivity index is 1.84. The zero-order valence-corrected chi connectivity index (χ0v) is 12.5. The molecule has 3 aromatic rings. The van der Waals surface area contributed by atoms with Crippen LogP contribution in [0.2, 0.25) is 0 Å². The summed E-state index contributed by atoms with van der Waals surface area (Å²) in [7, 11) is 0. The van der Waals surface area contributed by atoms with Crippen LogP contribution in [-0.2, 0) is 0 Å². The third-order valence-corrected chi connectivity index (χ3v) is 3.32. The average molecular weight is 341 g/mol. The summed E-state index contributed by atoms with van der Waals surface area (Å²) in [5.74, 6) is -3.04. The van der Waals surface area contributed by atoms with Crippen LogP contribution in [0.3, 0.4) is 0 Å². The number of tetrazole rings is 1. The van der Waals surface area contributed by atoms with Gasteiger partial charge in [-0.25, -0.2) is 4.79 Å². The molecule has 10 heteroatoms. The van der Waals surface area contributed by atoms with Gasteiger partial charge in [-0.3, -0.25) is 4.79 Å². The molecule has 0 fully saturated rings. The first-order valence-electron chi connectivity index (χ1n) is 6.90. The fourth-order valence-corrected chi connectivity index (χ4v) is 2.14. The summed E-state index contributed by atoms with van der Waals surface area (Å²) < 4.78 is 0. The van der Waals surface area contributed by atoms with E-state index < -0.39 is 28.9 Å². The zero-order valence-electron chi connectivity index (χ0n) is 12.5. The molecule has 126 valence electrons. The maximum Gasteiger partial charge on any atom is 0.339 e. The summed E-state index contributed by atoms with van der Waals surface area (Å²) in [6.45, 7) is 0. The minimum absolute atomic E-state index is 0.361. The molecule has 0 unspecified atom stereocenters. The number of aromatic carboxylic acids is 1. The highest BCUT2D eigenvalue weighted by molar-refractivity contribution is 6.08. The fraction of sp³-hybridized carbons (Fsp3) is 0. The summed E-state index contributed by atoms with van der Waals surface area (Å²) in [5, 5.41) is 44.4. The van der Waals surface area contributed by atoms with E-state index in [1.807, 2.05) is 0 Å². The molecule has 0 saturated heterocycles. The normalized spacial score (nSPS) is 10.4. The van der Waals surface area contributed by atoms with Crippen molar-refractivity contribution in [3.8, 4) is 22.9 Å². The number of amides is 1. The molecule has 5 N–H and O–H groups in total. The number of carboxylic acids is 1. The summed E-state index contributed by atoms with van der Waals surface area (Å²) in [4.78, 5) is 23.3. The lowest BCUT2D eigenvalue weighted by molar-refractivity contribution is 0.0693. The van der Waals surface area contributed by atoms with Crippen LogP contribution in [-0.4, -0.2) is 47.8 Å². The summed E-state index contributed by atoms with van der Waals surface area (Å²) in [5.41, 5.74) is 0.120. The number of carbonyl (C=O) groups excluding carboxylic acids is 1. The molecule has 0 radical (unpaired) electrons. The summed E-state index contributed by atoms with van der Waals surface area (Å²) in [6.07, 6.45) is 0. The monoisotopic (exact) mass is 341 g/mol. The van der Waals surface area contributed by atoms with Gasteiger partial charge in [0.05, 0.1) is 5.56 Å². The number of hydrogen-bond acceptors (Lipinski definition) is 7. The molecule has 10 nitrogen and oxygen atoms in total. The minimum atomic E-state index is -1.47. The SMILES string of the molecule is O=C(O)c1cc(O)cc(C(=O)Nc2ccc(-c3nn[nH]n3)cc2)c1O. The Bertz CT molecular complexity index is 938. The van der Waals surface area contributed by atoms with Gasteiger partial charge in [0.1, 0.15) is 17.1 Å². The molecule has 0 aliphatic carbocycles. The second-order valence-electron chi connectivity index (χ2n) is 4.96. The van der Waals surface area contributed by atoms with E-state index in [0.717, 1.165) is 12.1 Å². The lowest BCUT2D eigenvalue weighted by Gasteiger charge is -2.09. The van der Waals surface area contributed by atoms with Crippen LogP contribution < -0.4 is 5.32 Å². The van der Waals surface area contributed by atoms with Crippen molar-refractivity contribution in [2.45, 2.75) is 0 Å². The van der Waals surface area contributed by atoms with Crippen molar-refractivity contribution in [2.75, 3.05) is 5.32 Å². The molecule has 3 rings (SSSR count). The smallest absolute Gasteiger partial charge is 0.339 e. The third-order valence-electron chi connectivity index (χ3n) is 3.32. The molecule has 1 amide bonds. The largest absolute Gasteiger partial charge is 0.508 e. The maximum absolute atomic E-state index is 12.3. The van der Waals surface area contributed by atoms with Crippen LogP contribution in [0.25, 0.3) is 11.4 Å². The Morgan fingerprint density at radius 3 is 2.32 bits per heavy atom. The first kappa shape index (κ1) is 15.9. The van der Waals surface area contributed by atoms with Crippen molar-refractivity contribution in [3.63, 3.8) is 0 Å². The van der Waals surface area contributed by atoms with E-state index in [9.17, 15) is 19.8 Å². The predicted octanol–water partition coefficient (Wildman–Crippen LogP) is 1.23. The molecule has 1 aromatic heterocycles. The van der Waals surface area contributed by atoms with Crippen LogP contribution in [0.1, 0.15) is 20.7 Å². The molecule has 0 bridgehead atoms. The number of H-pyrrole nitrogens is 1. The molecule has 0 aliphatic rings. The Morgan fingerprint density at radius 1 is 1.04 bits per heavy atom. The number of nitrogens with zero attached hydrogens (tertiary/aromatic N) is 3. The molecule has 0 aliphatic heterocycles. The van der Waals surface area contributed by atoms with Crippen LogP contribution in [0.4, 0.5) is 5.69 Å². The highest BCUT2D eigenvalue weighted by Gasteiger charge is 2.20. The Hall–Kier alpha value is -3.95. The quantitative estimate of drug-likeness (QED) is 0.443. The van der Waals surface area contributed by atoms with E-state index in [0.29, 0.717) is 17.1 Å². The first-order chi connectivity index (χ1) is 12.0. The second kappa shape index (κ2) is 6.28. The number of phenols is 2. The number of benzene rings is 2. The van der Waals surface area contributed by atoms with Gasteiger partial charge in [0, 0.05) is 11.3 Å². The van der Waals surface area contributed by atoms with E-state index in [4.69, 9.17) is 5.11 Å². The number of aromatic amines is 1. The van der Waals surface area contributed by atoms with Gasteiger partial charge in [0.2, 0.25) is 5.82 Å². The topological polar surface area (TPSA) is 161 Å². The van der Waals surface area contributed by atoms with Crippen molar-refractivity contribution in [1.29, 1.82) is 0 Å². The van der Waals surface area contributed by atoms with Gasteiger partial charge in [0.15, 0.2) is 0 Å². The number of aromatic hydroxyl groups is 2. The van der Waals surface area contributed by atoms with Crippen LogP contribution in [0.5, 0.6) is 11.5 Å². The molecule has 1 heterocycles. The van der Waals surface area contributed by atoms with E-state index in [2.05, 4.69) is 25.9 Å². The molecule has 0 saturated carbocycles. The van der Waals surface area contributed by atoms with E-state index in [1.54, 1.807) is 24.3 Å². The molecular weight excluding hydrogens is 330 g/mol. The zero-order chi connectivity index (χ0) is 18.0. The highest BCUT2D eigenvalue weighted by atomic mass is 16.4. The standard InChI is InChI=1S/C15H11N5O5/c21-9-5-10(12(22)11(6-9)15(24)25)14(23)16-8-3-1-7(2-4-8)13-17-19-20-18-13/h1-6,21-22H,(H,16,23)(H,24,25)(H,17,18,19,20). The van der Waals surface area contributed by atoms with Gasteiger partial charge >= 0.3 is 5.97 Å². The number of phenolic OH excluding ortho intramolecular Hbond substituents is 1. The molecule has 2 aromatic carbocycles. The average Bonchev–Trinajstić information content (AvgIpc) is 3.11. The number of aromatic nitrogens is 4. The second-order valence-corrected chi connectivity index (χ2v) is 4.96. The fourth-order valence-electron chi connectivity index (χ4n) is 2.14. The summed E-state index contributed by atoms with van der Waals surface area (Å²) >= 11 is 0. The Labute approximate surface area is 139 Å². The van der Waals surface area contributed by atoms with Gasteiger partial charge in [-0.1, -0.05) is 0 Å². The van der Waals surface area contributed by atoms with Gasteiger partial charge in [-0.15, -0.1) is 10.2 Å². The number of nitrogens with one attached hydrogen (secondary N) is 2. The maximum atomic E-state index is 12.3. The van der Waals surface area contributed by atoms with Crippen LogP contribution in [0.15, 0.2) is 36.4 Å². The minimum Gasteiger partial charge on any atom is -0.508 e. The van der Waals surface area contributed by atoms with E-state index in [1.165, 1.54) is 0 Å². The Kier molecular flexibility index (Phi) is 4.00. The Morgan fingerprint density at radius 2 is 1.72 bits per heavy atom. The number of anilines is 1. The molecule has 0 spiro atoms. The van der Waals surface area contributed by atoms with Crippen LogP contribution >= 0.6 is 0 Å². The first-order valence-corrected chi connectivity index (χ1v) is 6.90.